The van der Waals surface area contributed by atoms with Crippen LogP contribution in [0.15, 0.2) is 4.99 Å². The molecule has 2 fully saturated rings. The van der Waals surface area contributed by atoms with Gasteiger partial charge in [0.25, 0.3) is 0 Å². The molecule has 1 amide bonds. The van der Waals surface area contributed by atoms with Crippen LogP contribution in [0.1, 0.15) is 33.1 Å². The Kier molecular flexibility index (Phi) is 11.6. The maximum Gasteiger partial charge on any atom is 0.225 e. The first kappa shape index (κ1) is 24.4. The number of nitrogens with zero attached hydrogens (tertiary/aromatic N) is 4. The Labute approximate surface area is 182 Å². The third kappa shape index (κ3) is 8.51. The number of halogens is 1. The molecule has 0 aromatic rings. The van der Waals surface area contributed by atoms with Crippen LogP contribution >= 0.6 is 24.0 Å². The fourth-order valence-corrected chi connectivity index (χ4v) is 3.57. The molecule has 0 saturated carbocycles. The van der Waals surface area contributed by atoms with Gasteiger partial charge >= 0.3 is 0 Å². The number of hydrogen-bond donors (Lipinski definition) is 2. The molecule has 1 unspecified atom stereocenters. The van der Waals surface area contributed by atoms with Crippen molar-refractivity contribution in [1.29, 1.82) is 0 Å². The molecule has 0 spiro atoms. The Balaban J connectivity index is 0.00000364. The lowest BCUT2D eigenvalue weighted by Gasteiger charge is -2.32. The van der Waals surface area contributed by atoms with Crippen LogP contribution in [0.25, 0.3) is 0 Å². The van der Waals surface area contributed by atoms with Gasteiger partial charge in [-0.3, -0.25) is 9.79 Å². The predicted octanol–water partition coefficient (Wildman–Crippen LogP) is 1.05. The lowest BCUT2D eigenvalue weighted by molar-refractivity contribution is -0.133. The van der Waals surface area contributed by atoms with E-state index in [1.165, 1.54) is 39.1 Å². The average Bonchev–Trinajstić information content (AvgIpc) is 3.09. The summed E-state index contributed by atoms with van der Waals surface area (Å²) in [4.78, 5) is 23.3. The van der Waals surface area contributed by atoms with E-state index in [2.05, 4.69) is 32.5 Å². The van der Waals surface area contributed by atoms with E-state index in [1.54, 1.807) is 0 Å². The summed E-state index contributed by atoms with van der Waals surface area (Å²) >= 11 is 0. The van der Waals surface area contributed by atoms with Crippen LogP contribution in [0.3, 0.4) is 0 Å². The summed E-state index contributed by atoms with van der Waals surface area (Å²) in [6, 6.07) is 0.300. The van der Waals surface area contributed by atoms with Crippen LogP contribution in [0.5, 0.6) is 0 Å². The minimum atomic E-state index is 0. The van der Waals surface area contributed by atoms with Crippen molar-refractivity contribution in [2.24, 2.45) is 10.9 Å². The highest BCUT2D eigenvalue weighted by atomic mass is 127. The number of piperazine rings is 1. The fourth-order valence-electron chi connectivity index (χ4n) is 3.57. The Bertz CT molecular complexity index is 465. The maximum absolute atomic E-state index is 12.1. The van der Waals surface area contributed by atoms with Crippen LogP contribution in [-0.4, -0.2) is 99.1 Å². The van der Waals surface area contributed by atoms with Crippen molar-refractivity contribution in [3.63, 3.8) is 0 Å². The first-order chi connectivity index (χ1) is 12.5. The minimum Gasteiger partial charge on any atom is -0.356 e. The topological polar surface area (TPSA) is 63.2 Å². The maximum atomic E-state index is 12.1. The quantitative estimate of drug-likeness (QED) is 0.240. The summed E-state index contributed by atoms with van der Waals surface area (Å²) in [5.74, 6) is 1.18. The third-order valence-corrected chi connectivity index (χ3v) is 5.35. The van der Waals surface area contributed by atoms with Crippen molar-refractivity contribution in [3.05, 3.63) is 0 Å². The number of likely N-dealkylation sites (tertiary alicyclic amines) is 1. The molecule has 2 aliphatic heterocycles. The number of nitrogens with one attached hydrogen (secondary N) is 2. The Morgan fingerprint density at radius 1 is 1.15 bits per heavy atom. The first-order valence-electron chi connectivity index (χ1n) is 10.2. The summed E-state index contributed by atoms with van der Waals surface area (Å²) in [7, 11) is 4.01. The van der Waals surface area contributed by atoms with Gasteiger partial charge in [0, 0.05) is 64.8 Å². The van der Waals surface area contributed by atoms with Crippen LogP contribution in [-0.2, 0) is 4.79 Å². The number of hydrogen-bond acceptors (Lipinski definition) is 4. The largest absolute Gasteiger partial charge is 0.356 e. The highest BCUT2D eigenvalue weighted by Crippen LogP contribution is 2.12. The lowest BCUT2D eigenvalue weighted by Crippen LogP contribution is -2.46. The highest BCUT2D eigenvalue weighted by Gasteiger charge is 2.27. The van der Waals surface area contributed by atoms with Crippen LogP contribution in [0, 0.1) is 5.92 Å². The van der Waals surface area contributed by atoms with Gasteiger partial charge in [-0.1, -0.05) is 13.8 Å². The van der Waals surface area contributed by atoms with E-state index in [4.69, 9.17) is 0 Å². The molecule has 2 aliphatic rings. The number of aliphatic imine (C=N–C) groups is 1. The smallest absolute Gasteiger partial charge is 0.225 e. The molecule has 0 aliphatic carbocycles. The van der Waals surface area contributed by atoms with Crippen molar-refractivity contribution in [1.82, 2.24) is 25.3 Å². The molecule has 2 heterocycles. The molecule has 158 valence electrons. The fraction of sp³-hybridized carbons (Fsp3) is 0.895. The number of likely N-dealkylation sites (N-methyl/N-ethyl adjacent to an activating group) is 1. The molecule has 2 rings (SSSR count). The molecule has 0 bridgehead atoms. The van der Waals surface area contributed by atoms with E-state index in [0.29, 0.717) is 6.04 Å². The highest BCUT2D eigenvalue weighted by molar-refractivity contribution is 14.0. The Hall–Kier alpha value is -0.610. The number of guanidine groups is 1. The number of carbonyl (C=O) groups is 1. The molecular formula is C19H39IN6O. The molecule has 0 aromatic heterocycles. The summed E-state index contributed by atoms with van der Waals surface area (Å²) in [5.41, 5.74) is 0. The zero-order valence-corrected chi connectivity index (χ0v) is 19.9. The van der Waals surface area contributed by atoms with Gasteiger partial charge in [-0.2, -0.15) is 0 Å². The van der Waals surface area contributed by atoms with Crippen molar-refractivity contribution < 1.29 is 4.79 Å². The standard InChI is InChI=1S/C19H38N6O.HI/c1-16(2)18(26)25-10-7-17(15-25)22-19(20-3)21-8-5-6-9-24-13-11-23(4)12-14-24;/h16-17H,5-15H2,1-4H3,(H2,20,21,22);1H. The van der Waals surface area contributed by atoms with Gasteiger partial charge in [0.1, 0.15) is 0 Å². The van der Waals surface area contributed by atoms with Gasteiger partial charge < -0.3 is 25.3 Å². The third-order valence-electron chi connectivity index (χ3n) is 5.35. The molecule has 2 saturated heterocycles. The second-order valence-corrected chi connectivity index (χ2v) is 7.92. The zero-order valence-electron chi connectivity index (χ0n) is 17.5. The summed E-state index contributed by atoms with van der Waals surface area (Å²) in [6.45, 7) is 12.4. The minimum absolute atomic E-state index is 0. The summed E-state index contributed by atoms with van der Waals surface area (Å²) in [6.07, 6.45) is 3.35. The first-order valence-corrected chi connectivity index (χ1v) is 10.2. The van der Waals surface area contributed by atoms with E-state index in [-0.39, 0.29) is 35.8 Å². The van der Waals surface area contributed by atoms with E-state index in [0.717, 1.165) is 38.4 Å². The van der Waals surface area contributed by atoms with E-state index in [1.807, 2.05) is 25.8 Å². The number of unbranched alkanes of at least 4 members (excludes halogenated alkanes) is 1. The van der Waals surface area contributed by atoms with Crippen molar-refractivity contribution in [3.8, 4) is 0 Å². The summed E-state index contributed by atoms with van der Waals surface area (Å²) in [5, 5.41) is 6.88. The van der Waals surface area contributed by atoms with Gasteiger partial charge in [-0.25, -0.2) is 0 Å². The predicted molar refractivity (Wildman–Crippen MR) is 123 cm³/mol. The molecular weight excluding hydrogens is 455 g/mol. The number of carbonyl (C=O) groups excluding carboxylic acids is 1. The summed E-state index contributed by atoms with van der Waals surface area (Å²) < 4.78 is 0. The second kappa shape index (κ2) is 12.8. The Morgan fingerprint density at radius 2 is 1.85 bits per heavy atom. The average molecular weight is 494 g/mol. The van der Waals surface area contributed by atoms with E-state index < -0.39 is 0 Å². The van der Waals surface area contributed by atoms with E-state index >= 15 is 0 Å². The monoisotopic (exact) mass is 494 g/mol. The van der Waals surface area contributed by atoms with Gasteiger partial charge in [-0.05, 0) is 32.9 Å². The van der Waals surface area contributed by atoms with Gasteiger partial charge in [0.05, 0.1) is 0 Å². The molecule has 1 atom stereocenters. The van der Waals surface area contributed by atoms with Crippen LogP contribution in [0.2, 0.25) is 0 Å². The SMILES string of the molecule is CN=C(NCCCCN1CCN(C)CC1)NC1CCN(C(=O)C(C)C)C1.I. The van der Waals surface area contributed by atoms with Gasteiger partial charge in [-0.15, -0.1) is 24.0 Å². The van der Waals surface area contributed by atoms with E-state index in [9.17, 15) is 4.79 Å². The lowest BCUT2D eigenvalue weighted by atomic mass is 10.2. The van der Waals surface area contributed by atoms with Crippen LogP contribution < -0.4 is 10.6 Å². The second-order valence-electron chi connectivity index (χ2n) is 7.92. The Morgan fingerprint density at radius 3 is 2.48 bits per heavy atom. The zero-order chi connectivity index (χ0) is 18.9. The molecule has 8 heteroatoms. The molecule has 0 radical (unpaired) electrons. The normalized spacial score (nSPS) is 22.0. The van der Waals surface area contributed by atoms with Crippen molar-refractivity contribution in [2.45, 2.75) is 39.2 Å². The molecule has 0 aromatic carbocycles. The molecule has 2 N–H and O–H groups in total. The van der Waals surface area contributed by atoms with Crippen molar-refractivity contribution in [2.75, 3.05) is 66.5 Å². The van der Waals surface area contributed by atoms with Crippen LogP contribution in [0.4, 0.5) is 0 Å². The van der Waals surface area contributed by atoms with Crippen molar-refractivity contribution >= 4 is 35.8 Å². The molecule has 27 heavy (non-hydrogen) atoms. The number of rotatable bonds is 7. The van der Waals surface area contributed by atoms with Gasteiger partial charge in [0.15, 0.2) is 5.96 Å². The molecule has 7 nitrogen and oxygen atoms in total. The number of amides is 1. The van der Waals surface area contributed by atoms with Gasteiger partial charge in [0.2, 0.25) is 5.91 Å².